The van der Waals surface area contributed by atoms with Crippen LogP contribution in [0.25, 0.3) is 0 Å². The standard InChI is InChI=1S/2C5H6N2O2.Cu/c2*1-5(4(8)9)6-2-3-7-5;/h2*2-3H,1H3,(H,8,9);/q;;+2/p-2. The molecule has 0 atom stereocenters. The van der Waals surface area contributed by atoms with Crippen LogP contribution in [0.4, 0.5) is 0 Å². The number of aliphatic imine (C=N–C) groups is 4. The van der Waals surface area contributed by atoms with Gasteiger partial charge in [-0.05, 0) is 13.8 Å². The van der Waals surface area contributed by atoms with Crippen molar-refractivity contribution < 1.29 is 36.9 Å². The maximum Gasteiger partial charge on any atom is 2.00 e. The monoisotopic (exact) mass is 313 g/mol. The molecule has 2 rings (SSSR count). The first kappa shape index (κ1) is 17.1. The summed E-state index contributed by atoms with van der Waals surface area (Å²) < 4.78 is 0. The maximum atomic E-state index is 10.2. The van der Waals surface area contributed by atoms with Crippen LogP contribution in [0.5, 0.6) is 0 Å². The van der Waals surface area contributed by atoms with E-state index in [1.807, 2.05) is 0 Å². The van der Waals surface area contributed by atoms with Crippen molar-refractivity contribution in [2.45, 2.75) is 25.2 Å². The number of carbonyl (C=O) groups is 2. The molecule has 0 bridgehead atoms. The van der Waals surface area contributed by atoms with Crippen molar-refractivity contribution in [2.24, 2.45) is 20.0 Å². The van der Waals surface area contributed by atoms with Crippen LogP contribution in [0.2, 0.25) is 0 Å². The molecule has 0 unspecified atom stereocenters. The van der Waals surface area contributed by atoms with Gasteiger partial charge < -0.3 is 19.8 Å². The van der Waals surface area contributed by atoms with Crippen LogP contribution in [0, 0.1) is 0 Å². The van der Waals surface area contributed by atoms with Gasteiger partial charge in [-0.15, -0.1) is 0 Å². The van der Waals surface area contributed by atoms with E-state index in [4.69, 9.17) is 0 Å². The Morgan fingerprint density at radius 1 is 0.789 bits per heavy atom. The second-order valence-corrected chi connectivity index (χ2v) is 3.73. The summed E-state index contributed by atoms with van der Waals surface area (Å²) in [6, 6.07) is 0. The van der Waals surface area contributed by atoms with Gasteiger partial charge in [0.2, 0.25) is 0 Å². The molecule has 19 heavy (non-hydrogen) atoms. The first-order valence-corrected chi connectivity index (χ1v) is 4.91. The Kier molecular flexibility index (Phi) is 5.73. The molecule has 1 radical (unpaired) electrons. The van der Waals surface area contributed by atoms with Gasteiger partial charge in [-0.25, -0.2) is 0 Å². The number of carboxylic acid groups (broad SMARTS) is 2. The van der Waals surface area contributed by atoms with Crippen LogP contribution < -0.4 is 10.2 Å². The predicted molar refractivity (Wildman–Crippen MR) is 60.8 cm³/mol. The van der Waals surface area contributed by atoms with Gasteiger partial charge in [0.1, 0.15) is 0 Å². The molecule has 9 heteroatoms. The zero-order chi connectivity index (χ0) is 13.8. The third kappa shape index (κ3) is 4.07. The smallest absolute Gasteiger partial charge is 0.545 e. The molecule has 8 nitrogen and oxygen atoms in total. The summed E-state index contributed by atoms with van der Waals surface area (Å²) in [4.78, 5) is 34.6. The second-order valence-electron chi connectivity index (χ2n) is 3.73. The third-order valence-corrected chi connectivity index (χ3v) is 2.21. The fraction of sp³-hybridized carbons (Fsp3) is 0.400. The van der Waals surface area contributed by atoms with E-state index in [1.54, 1.807) is 0 Å². The summed E-state index contributed by atoms with van der Waals surface area (Å²) in [6.07, 6.45) is 5.37. The number of carbonyl (C=O) groups excluding carboxylic acids is 2. The van der Waals surface area contributed by atoms with Crippen LogP contribution in [0.3, 0.4) is 0 Å². The SMILES string of the molecule is CC1(C(=O)[O-])N=CC=N1.CC1(C(=O)[O-])N=CC=N1.[Cu+2]. The summed E-state index contributed by atoms with van der Waals surface area (Å²) in [6.45, 7) is 2.75. The van der Waals surface area contributed by atoms with Crippen molar-refractivity contribution in [3.05, 3.63) is 0 Å². The number of hydrogen-bond donors (Lipinski definition) is 0. The molecule has 0 aromatic heterocycles. The van der Waals surface area contributed by atoms with Crippen LogP contribution in [-0.2, 0) is 26.7 Å². The molecule has 0 spiro atoms. The molecular weight excluding hydrogens is 304 g/mol. The van der Waals surface area contributed by atoms with Crippen molar-refractivity contribution in [3.63, 3.8) is 0 Å². The Labute approximate surface area is 119 Å². The van der Waals surface area contributed by atoms with Gasteiger partial charge in [-0.1, -0.05) is 0 Å². The predicted octanol–water partition coefficient (Wildman–Crippen LogP) is -2.79. The van der Waals surface area contributed by atoms with Crippen LogP contribution in [0.1, 0.15) is 13.8 Å². The van der Waals surface area contributed by atoms with Gasteiger partial charge in [0.25, 0.3) is 0 Å². The topological polar surface area (TPSA) is 130 Å². The Balaban J connectivity index is 0.000000324. The Hall–Kier alpha value is -1.86. The molecule has 2 aliphatic heterocycles. The van der Waals surface area contributed by atoms with E-state index in [0.29, 0.717) is 0 Å². The third-order valence-electron chi connectivity index (χ3n) is 2.21. The van der Waals surface area contributed by atoms with Crippen molar-refractivity contribution in [3.8, 4) is 0 Å². The van der Waals surface area contributed by atoms with Crippen LogP contribution in [0.15, 0.2) is 20.0 Å². The van der Waals surface area contributed by atoms with Crippen molar-refractivity contribution in [1.82, 2.24) is 0 Å². The molecule has 2 aliphatic rings. The van der Waals surface area contributed by atoms with Crippen molar-refractivity contribution in [1.29, 1.82) is 0 Å². The van der Waals surface area contributed by atoms with E-state index >= 15 is 0 Å². The maximum absolute atomic E-state index is 10.2. The number of hydrogen-bond acceptors (Lipinski definition) is 8. The van der Waals surface area contributed by atoms with E-state index in [0.717, 1.165) is 0 Å². The van der Waals surface area contributed by atoms with E-state index in [-0.39, 0.29) is 17.1 Å². The number of aliphatic carboxylic acids is 2. The van der Waals surface area contributed by atoms with Crippen LogP contribution >= 0.6 is 0 Å². The largest absolute Gasteiger partial charge is 2.00 e. The average Bonchev–Trinajstić information content (AvgIpc) is 2.90. The zero-order valence-corrected chi connectivity index (χ0v) is 11.0. The number of nitrogens with zero attached hydrogens (tertiary/aromatic N) is 4. The molecular formula is C10H10CuN4O4. The van der Waals surface area contributed by atoms with Gasteiger partial charge in [0, 0.05) is 24.9 Å². The summed E-state index contributed by atoms with van der Waals surface area (Å²) >= 11 is 0. The fourth-order valence-electron chi connectivity index (χ4n) is 0.991. The van der Waals surface area contributed by atoms with E-state index in [9.17, 15) is 19.8 Å². The molecule has 0 aromatic carbocycles. The Morgan fingerprint density at radius 2 is 1.00 bits per heavy atom. The van der Waals surface area contributed by atoms with E-state index < -0.39 is 23.3 Å². The molecule has 0 aliphatic carbocycles. The Morgan fingerprint density at radius 3 is 1.11 bits per heavy atom. The molecule has 0 aromatic rings. The minimum Gasteiger partial charge on any atom is -0.545 e. The van der Waals surface area contributed by atoms with Gasteiger partial charge in [-0.3, -0.25) is 20.0 Å². The molecule has 105 valence electrons. The van der Waals surface area contributed by atoms with Gasteiger partial charge in [0.15, 0.2) is 11.3 Å². The van der Waals surface area contributed by atoms with E-state index in [2.05, 4.69) is 20.0 Å². The number of carboxylic acids is 2. The molecule has 0 saturated carbocycles. The quantitative estimate of drug-likeness (QED) is 0.510. The summed E-state index contributed by atoms with van der Waals surface area (Å²) in [5, 5.41) is 20.4. The van der Waals surface area contributed by atoms with Crippen LogP contribution in [-0.4, -0.2) is 48.1 Å². The van der Waals surface area contributed by atoms with Crippen molar-refractivity contribution >= 4 is 36.8 Å². The van der Waals surface area contributed by atoms with Gasteiger partial charge in [0.05, 0.1) is 11.9 Å². The minimum atomic E-state index is -1.36. The first-order valence-electron chi connectivity index (χ1n) is 4.91. The molecule has 0 saturated heterocycles. The fourth-order valence-corrected chi connectivity index (χ4v) is 0.991. The molecule has 0 N–H and O–H groups in total. The van der Waals surface area contributed by atoms with Gasteiger partial charge in [-0.2, -0.15) is 0 Å². The summed E-state index contributed by atoms with van der Waals surface area (Å²) in [7, 11) is 0. The summed E-state index contributed by atoms with van der Waals surface area (Å²) in [5.74, 6) is -2.54. The Bertz CT molecular complexity index is 416. The molecule has 0 amide bonds. The molecule has 2 heterocycles. The van der Waals surface area contributed by atoms with E-state index in [1.165, 1.54) is 38.7 Å². The normalized spacial score (nSPS) is 19.5. The molecule has 0 fully saturated rings. The average molecular weight is 314 g/mol. The zero-order valence-electron chi connectivity index (χ0n) is 10.0. The first-order chi connectivity index (χ1) is 8.30. The number of rotatable bonds is 2. The van der Waals surface area contributed by atoms with Crippen molar-refractivity contribution in [2.75, 3.05) is 0 Å². The summed E-state index contributed by atoms with van der Waals surface area (Å²) in [5.41, 5.74) is -2.72. The van der Waals surface area contributed by atoms with Gasteiger partial charge >= 0.3 is 17.1 Å². The second kappa shape index (κ2) is 6.35. The minimum absolute atomic E-state index is 0.